The number of para-hydroxylation sites is 1. The molecule has 1 heterocycles. The van der Waals surface area contributed by atoms with E-state index in [1.807, 2.05) is 30.5 Å². The highest BCUT2D eigenvalue weighted by molar-refractivity contribution is 8.00. The van der Waals surface area contributed by atoms with Gasteiger partial charge in [-0.15, -0.1) is 0 Å². The predicted molar refractivity (Wildman–Crippen MR) is 79.2 cm³/mol. The molecule has 2 N–H and O–H groups in total. The molecule has 0 fully saturated rings. The lowest BCUT2D eigenvalue weighted by Gasteiger charge is -2.08. The number of hydrogen-bond acceptors (Lipinski definition) is 2. The van der Waals surface area contributed by atoms with Crippen molar-refractivity contribution in [2.45, 2.75) is 11.1 Å². The average molecular weight is 308 g/mol. The molecule has 108 valence electrons. The summed E-state index contributed by atoms with van der Waals surface area (Å²) in [6.45, 7) is 0. The van der Waals surface area contributed by atoms with Crippen molar-refractivity contribution in [2.75, 3.05) is 4.72 Å². The number of nitrogens with one attached hydrogen (secondary N) is 2. The SMILES string of the molecule is FC(F)(F)c1ccc(SNc2c[nH]c3ccccc23)cc1. The minimum atomic E-state index is -4.30. The van der Waals surface area contributed by atoms with Crippen LogP contribution in [0.25, 0.3) is 10.9 Å². The van der Waals surface area contributed by atoms with Crippen LogP contribution in [0.5, 0.6) is 0 Å². The summed E-state index contributed by atoms with van der Waals surface area (Å²) in [6, 6.07) is 12.9. The van der Waals surface area contributed by atoms with Gasteiger partial charge in [0.25, 0.3) is 0 Å². The Kier molecular flexibility index (Phi) is 3.55. The van der Waals surface area contributed by atoms with Crippen molar-refractivity contribution in [3.05, 3.63) is 60.3 Å². The lowest BCUT2D eigenvalue weighted by molar-refractivity contribution is -0.137. The molecular weight excluding hydrogens is 297 g/mol. The number of rotatable bonds is 3. The third kappa shape index (κ3) is 3.00. The first-order chi connectivity index (χ1) is 10.0. The fourth-order valence-corrected chi connectivity index (χ4v) is 2.65. The maximum absolute atomic E-state index is 12.5. The van der Waals surface area contributed by atoms with Crippen molar-refractivity contribution < 1.29 is 13.2 Å². The van der Waals surface area contributed by atoms with E-state index in [1.54, 1.807) is 0 Å². The summed E-state index contributed by atoms with van der Waals surface area (Å²) in [7, 11) is 0. The van der Waals surface area contributed by atoms with E-state index in [2.05, 4.69) is 9.71 Å². The van der Waals surface area contributed by atoms with E-state index in [1.165, 1.54) is 24.1 Å². The molecule has 2 nitrogen and oxygen atoms in total. The van der Waals surface area contributed by atoms with Gasteiger partial charge >= 0.3 is 6.18 Å². The quantitative estimate of drug-likeness (QED) is 0.642. The van der Waals surface area contributed by atoms with Crippen LogP contribution in [0, 0.1) is 0 Å². The van der Waals surface area contributed by atoms with Crippen LogP contribution in [-0.4, -0.2) is 4.98 Å². The Morgan fingerprint density at radius 2 is 1.67 bits per heavy atom. The second-order valence-corrected chi connectivity index (χ2v) is 5.35. The fraction of sp³-hybridized carbons (Fsp3) is 0.0667. The maximum atomic E-state index is 12.5. The molecule has 1 aromatic heterocycles. The van der Waals surface area contributed by atoms with Gasteiger partial charge in [-0.05, 0) is 42.3 Å². The average Bonchev–Trinajstić information content (AvgIpc) is 2.88. The van der Waals surface area contributed by atoms with Crippen LogP contribution < -0.4 is 4.72 Å². The molecule has 0 aliphatic carbocycles. The van der Waals surface area contributed by atoms with Gasteiger partial charge in [0.15, 0.2) is 0 Å². The van der Waals surface area contributed by atoms with Crippen LogP contribution >= 0.6 is 11.9 Å². The number of halogens is 3. The molecule has 2 aromatic carbocycles. The fourth-order valence-electron chi connectivity index (χ4n) is 1.98. The summed E-state index contributed by atoms with van der Waals surface area (Å²) in [6.07, 6.45) is -2.46. The Balaban J connectivity index is 1.73. The Bertz CT molecular complexity index is 747. The molecule has 0 amide bonds. The van der Waals surface area contributed by atoms with Gasteiger partial charge in [-0.3, -0.25) is 0 Å². The van der Waals surface area contributed by atoms with Crippen molar-refractivity contribution in [2.24, 2.45) is 0 Å². The van der Waals surface area contributed by atoms with Gasteiger partial charge < -0.3 is 9.71 Å². The van der Waals surface area contributed by atoms with Gasteiger partial charge in [-0.2, -0.15) is 13.2 Å². The molecule has 21 heavy (non-hydrogen) atoms. The normalized spacial score (nSPS) is 11.8. The number of fused-ring (bicyclic) bond motifs is 1. The first-order valence-corrected chi connectivity index (χ1v) is 7.02. The van der Waals surface area contributed by atoms with Gasteiger partial charge in [-0.1, -0.05) is 18.2 Å². The molecule has 0 spiro atoms. The summed E-state index contributed by atoms with van der Waals surface area (Å²) < 4.78 is 40.6. The molecule has 6 heteroatoms. The molecule has 3 rings (SSSR count). The number of hydrogen-bond donors (Lipinski definition) is 2. The Labute approximate surface area is 123 Å². The molecule has 0 aliphatic heterocycles. The second-order valence-electron chi connectivity index (χ2n) is 4.47. The minimum Gasteiger partial charge on any atom is -0.359 e. The number of anilines is 1. The summed E-state index contributed by atoms with van der Waals surface area (Å²) in [5.41, 5.74) is 1.27. The molecule has 0 radical (unpaired) electrons. The second kappa shape index (κ2) is 5.37. The van der Waals surface area contributed by atoms with E-state index >= 15 is 0 Å². The molecule has 0 saturated heterocycles. The molecule has 3 aromatic rings. The summed E-state index contributed by atoms with van der Waals surface area (Å²) in [4.78, 5) is 3.84. The van der Waals surface area contributed by atoms with E-state index in [-0.39, 0.29) is 0 Å². The monoisotopic (exact) mass is 308 g/mol. The first kappa shape index (κ1) is 13.9. The van der Waals surface area contributed by atoms with Crippen LogP contribution in [0.2, 0.25) is 0 Å². The molecule has 0 saturated carbocycles. The predicted octanol–water partition coefficient (Wildman–Crippen LogP) is 5.31. The van der Waals surface area contributed by atoms with Gasteiger partial charge in [0, 0.05) is 22.0 Å². The minimum absolute atomic E-state index is 0.640. The summed E-state index contributed by atoms with van der Waals surface area (Å²) in [5, 5.41) is 1.04. The van der Waals surface area contributed by atoms with E-state index < -0.39 is 11.7 Å². The van der Waals surface area contributed by atoms with Crippen molar-refractivity contribution in [3.8, 4) is 0 Å². The molecule has 0 atom stereocenters. The van der Waals surface area contributed by atoms with Crippen molar-refractivity contribution in [1.82, 2.24) is 4.98 Å². The van der Waals surface area contributed by atoms with Gasteiger partial charge in [0.1, 0.15) is 0 Å². The van der Waals surface area contributed by atoms with Gasteiger partial charge in [0.2, 0.25) is 0 Å². The van der Waals surface area contributed by atoms with E-state index in [4.69, 9.17) is 0 Å². The highest BCUT2D eigenvalue weighted by Crippen LogP contribution is 2.32. The van der Waals surface area contributed by atoms with Crippen LogP contribution in [0.4, 0.5) is 18.9 Å². The topological polar surface area (TPSA) is 27.8 Å². The first-order valence-electron chi connectivity index (χ1n) is 6.20. The van der Waals surface area contributed by atoms with E-state index in [0.29, 0.717) is 4.90 Å². The van der Waals surface area contributed by atoms with Crippen molar-refractivity contribution in [1.29, 1.82) is 0 Å². The zero-order valence-corrected chi connectivity index (χ0v) is 11.6. The number of alkyl halides is 3. The third-order valence-corrected chi connectivity index (χ3v) is 3.88. The van der Waals surface area contributed by atoms with Gasteiger partial charge in [0.05, 0.1) is 11.3 Å². The van der Waals surface area contributed by atoms with E-state index in [0.717, 1.165) is 28.7 Å². The number of aromatic nitrogens is 1. The van der Waals surface area contributed by atoms with Crippen LogP contribution in [0.1, 0.15) is 5.56 Å². The molecule has 0 bridgehead atoms. The largest absolute Gasteiger partial charge is 0.416 e. The molecular formula is C15H11F3N2S. The summed E-state index contributed by atoms with van der Waals surface area (Å²) >= 11 is 1.27. The number of aromatic amines is 1. The zero-order chi connectivity index (χ0) is 14.9. The standard InChI is InChI=1S/C15H11F3N2S/c16-15(17,18)10-5-7-11(8-6-10)21-20-14-9-19-13-4-2-1-3-12(13)14/h1-9,19-20H. The Morgan fingerprint density at radius 1 is 0.952 bits per heavy atom. The maximum Gasteiger partial charge on any atom is 0.416 e. The number of benzene rings is 2. The summed E-state index contributed by atoms with van der Waals surface area (Å²) in [5.74, 6) is 0. The highest BCUT2D eigenvalue weighted by Gasteiger charge is 2.29. The lowest BCUT2D eigenvalue weighted by atomic mass is 10.2. The Morgan fingerprint density at radius 3 is 2.38 bits per heavy atom. The van der Waals surface area contributed by atoms with Crippen LogP contribution in [0.15, 0.2) is 59.6 Å². The Hall–Kier alpha value is -2.08. The lowest BCUT2D eigenvalue weighted by Crippen LogP contribution is -2.04. The van der Waals surface area contributed by atoms with E-state index in [9.17, 15) is 13.2 Å². The van der Waals surface area contributed by atoms with Crippen molar-refractivity contribution >= 4 is 28.5 Å². The number of H-pyrrole nitrogens is 1. The van der Waals surface area contributed by atoms with Crippen LogP contribution in [0.3, 0.4) is 0 Å². The molecule has 0 aliphatic rings. The smallest absolute Gasteiger partial charge is 0.359 e. The zero-order valence-electron chi connectivity index (χ0n) is 10.7. The molecule has 0 unspecified atom stereocenters. The third-order valence-electron chi connectivity index (χ3n) is 3.05. The van der Waals surface area contributed by atoms with Crippen molar-refractivity contribution in [3.63, 3.8) is 0 Å². The van der Waals surface area contributed by atoms with Gasteiger partial charge in [-0.25, -0.2) is 0 Å². The van der Waals surface area contributed by atoms with Crippen LogP contribution in [-0.2, 0) is 6.18 Å². The highest BCUT2D eigenvalue weighted by atomic mass is 32.2.